The lowest BCUT2D eigenvalue weighted by Crippen LogP contribution is -2.54. The molecule has 8 nitrogen and oxygen atoms in total. The van der Waals surface area contributed by atoms with E-state index in [0.29, 0.717) is 35.7 Å². The van der Waals surface area contributed by atoms with Crippen LogP contribution in [0.15, 0.2) is 18.2 Å². The Morgan fingerprint density at radius 1 is 1.15 bits per heavy atom. The Kier molecular flexibility index (Phi) is 3.66. The van der Waals surface area contributed by atoms with E-state index in [1.807, 2.05) is 6.07 Å². The Morgan fingerprint density at radius 2 is 2.00 bits per heavy atom. The number of rotatable bonds is 4. The van der Waals surface area contributed by atoms with Crippen molar-refractivity contribution in [3.05, 3.63) is 34.9 Å². The molecule has 27 heavy (non-hydrogen) atoms. The number of carbonyl (C=O) groups excluding carboxylic acids is 4. The van der Waals surface area contributed by atoms with E-state index in [0.717, 1.165) is 17.0 Å². The molecule has 5 aliphatic rings. The number of nitrogens with zero attached hydrogens (tertiary/aromatic N) is 1. The lowest BCUT2D eigenvalue weighted by molar-refractivity contribution is -0.136. The number of benzene rings is 1. The monoisotopic (exact) mass is 368 g/mol. The summed E-state index contributed by atoms with van der Waals surface area (Å²) in [4.78, 5) is 50.4. The highest BCUT2D eigenvalue weighted by molar-refractivity contribution is 6.24. The molecular formula is C19H20N4O4. The minimum atomic E-state index is -0.928. The molecule has 3 saturated heterocycles. The standard InChI is InChI=1S/C19H20N4O4/c24-14-5-4-13(17(25)22-14)23-18(26)11-3-1-2-9(15(11)19(23)27)7-21-16-10-6-12(16)20-8-10/h1-3,10,12-13,16,20-21H,4-8H2,(H,22,24,25)/t10-,12-,13?,16+/m0/s1. The van der Waals surface area contributed by atoms with E-state index in [4.69, 9.17) is 0 Å². The van der Waals surface area contributed by atoms with Gasteiger partial charge in [0, 0.05) is 25.0 Å². The van der Waals surface area contributed by atoms with E-state index in [2.05, 4.69) is 16.0 Å². The molecule has 1 aliphatic carbocycles. The van der Waals surface area contributed by atoms with E-state index >= 15 is 0 Å². The van der Waals surface area contributed by atoms with Gasteiger partial charge in [-0.3, -0.25) is 29.4 Å². The van der Waals surface area contributed by atoms with E-state index in [1.165, 1.54) is 6.42 Å². The topological polar surface area (TPSA) is 108 Å². The minimum absolute atomic E-state index is 0.121. The van der Waals surface area contributed by atoms with E-state index in [1.54, 1.807) is 12.1 Å². The maximum atomic E-state index is 13.0. The van der Waals surface area contributed by atoms with E-state index in [9.17, 15) is 19.2 Å². The van der Waals surface area contributed by atoms with Crippen molar-refractivity contribution < 1.29 is 19.2 Å². The summed E-state index contributed by atoms with van der Waals surface area (Å²) < 4.78 is 0. The Balaban J connectivity index is 1.39. The zero-order valence-corrected chi connectivity index (χ0v) is 14.7. The van der Waals surface area contributed by atoms with Crippen LogP contribution < -0.4 is 16.0 Å². The molecule has 6 rings (SSSR count). The second kappa shape index (κ2) is 5.97. The highest BCUT2D eigenvalue weighted by Gasteiger charge is 2.47. The lowest BCUT2D eigenvalue weighted by Gasteiger charge is -2.35. The summed E-state index contributed by atoms with van der Waals surface area (Å²) in [6, 6.07) is 5.20. The molecule has 4 atom stereocenters. The predicted octanol–water partition coefficient (Wildman–Crippen LogP) is -0.462. The quantitative estimate of drug-likeness (QED) is 0.621. The molecule has 1 aromatic rings. The normalized spacial score (nSPS) is 31.8. The number of carbonyl (C=O) groups is 4. The zero-order chi connectivity index (χ0) is 18.7. The third-order valence-electron chi connectivity index (χ3n) is 6.22. The summed E-state index contributed by atoms with van der Waals surface area (Å²) in [5.41, 5.74) is 1.48. The summed E-state index contributed by atoms with van der Waals surface area (Å²) in [6.07, 6.45) is 1.47. The van der Waals surface area contributed by atoms with Crippen LogP contribution in [-0.4, -0.2) is 53.2 Å². The van der Waals surface area contributed by atoms with Crippen LogP contribution in [0.5, 0.6) is 0 Å². The number of fused-ring (bicyclic) bond motifs is 2. The largest absolute Gasteiger partial charge is 0.312 e. The van der Waals surface area contributed by atoms with Gasteiger partial charge in [-0.05, 0) is 36.9 Å². The van der Waals surface area contributed by atoms with Gasteiger partial charge in [-0.25, -0.2) is 0 Å². The fourth-order valence-electron chi connectivity index (χ4n) is 4.74. The third-order valence-corrected chi connectivity index (χ3v) is 6.22. The van der Waals surface area contributed by atoms with E-state index in [-0.39, 0.29) is 18.7 Å². The molecule has 140 valence electrons. The second-order valence-electron chi connectivity index (χ2n) is 7.70. The van der Waals surface area contributed by atoms with Crippen LogP contribution in [0.1, 0.15) is 45.5 Å². The molecule has 4 aliphatic heterocycles. The van der Waals surface area contributed by atoms with Gasteiger partial charge in [0.25, 0.3) is 11.8 Å². The van der Waals surface area contributed by atoms with Crippen molar-refractivity contribution in [1.29, 1.82) is 0 Å². The van der Waals surface area contributed by atoms with Gasteiger partial charge in [0.1, 0.15) is 6.04 Å². The van der Waals surface area contributed by atoms with Gasteiger partial charge < -0.3 is 10.6 Å². The molecule has 2 bridgehead atoms. The molecular weight excluding hydrogens is 348 g/mol. The maximum Gasteiger partial charge on any atom is 0.262 e. The van der Waals surface area contributed by atoms with Gasteiger partial charge in [0.2, 0.25) is 11.8 Å². The van der Waals surface area contributed by atoms with Gasteiger partial charge in [0.05, 0.1) is 11.1 Å². The molecule has 1 unspecified atom stereocenters. The average Bonchev–Trinajstić information content (AvgIpc) is 3.33. The van der Waals surface area contributed by atoms with Crippen molar-refractivity contribution in [3.63, 3.8) is 0 Å². The first-order chi connectivity index (χ1) is 13.0. The SMILES string of the molecule is O=C1CCC(N2C(=O)c3cccc(CN[C@@H]4[C@@H]5CN[C@H]4C5)c3C2=O)C(=O)N1. The van der Waals surface area contributed by atoms with Crippen LogP contribution in [0.3, 0.4) is 0 Å². The Morgan fingerprint density at radius 3 is 2.70 bits per heavy atom. The molecule has 4 fully saturated rings. The van der Waals surface area contributed by atoms with Gasteiger partial charge >= 0.3 is 0 Å². The second-order valence-corrected chi connectivity index (χ2v) is 7.70. The summed E-state index contributed by atoms with van der Waals surface area (Å²) >= 11 is 0. The molecule has 0 spiro atoms. The summed E-state index contributed by atoms with van der Waals surface area (Å²) in [5.74, 6) is -1.24. The van der Waals surface area contributed by atoms with Crippen LogP contribution in [0.25, 0.3) is 0 Å². The number of piperidine rings is 1. The van der Waals surface area contributed by atoms with E-state index < -0.39 is 23.8 Å². The number of nitrogens with one attached hydrogen (secondary N) is 3. The Hall–Kier alpha value is -2.58. The van der Waals surface area contributed by atoms with Crippen LogP contribution in [0, 0.1) is 5.92 Å². The molecule has 1 aromatic carbocycles. The van der Waals surface area contributed by atoms with Crippen molar-refractivity contribution in [1.82, 2.24) is 20.9 Å². The summed E-state index contributed by atoms with van der Waals surface area (Å²) in [5, 5.41) is 9.16. The van der Waals surface area contributed by atoms with Crippen LogP contribution >= 0.6 is 0 Å². The Labute approximate surface area is 155 Å². The van der Waals surface area contributed by atoms with Crippen molar-refractivity contribution in [2.45, 2.75) is 43.9 Å². The average molecular weight is 368 g/mol. The molecule has 1 saturated carbocycles. The zero-order valence-electron chi connectivity index (χ0n) is 14.7. The molecule has 4 heterocycles. The van der Waals surface area contributed by atoms with Gasteiger partial charge in [-0.15, -0.1) is 0 Å². The van der Waals surface area contributed by atoms with Crippen molar-refractivity contribution in [2.75, 3.05) is 6.54 Å². The predicted molar refractivity (Wildman–Crippen MR) is 93.6 cm³/mol. The highest BCUT2D eigenvalue weighted by Crippen LogP contribution is 2.35. The summed E-state index contributed by atoms with van der Waals surface area (Å²) in [6.45, 7) is 1.53. The fraction of sp³-hybridized carbons (Fsp3) is 0.474. The molecule has 3 N–H and O–H groups in total. The summed E-state index contributed by atoms with van der Waals surface area (Å²) in [7, 11) is 0. The first-order valence-corrected chi connectivity index (χ1v) is 9.35. The first-order valence-electron chi connectivity index (χ1n) is 9.35. The van der Waals surface area contributed by atoms with Gasteiger partial charge in [-0.2, -0.15) is 0 Å². The molecule has 0 aromatic heterocycles. The number of imide groups is 2. The lowest BCUT2D eigenvalue weighted by atomic mass is 9.80. The smallest absolute Gasteiger partial charge is 0.262 e. The van der Waals surface area contributed by atoms with Crippen molar-refractivity contribution >= 4 is 23.6 Å². The number of hydrogen-bond donors (Lipinski definition) is 3. The number of hydrogen-bond acceptors (Lipinski definition) is 6. The van der Waals surface area contributed by atoms with Crippen molar-refractivity contribution in [2.24, 2.45) is 5.92 Å². The van der Waals surface area contributed by atoms with Crippen LogP contribution in [0.4, 0.5) is 0 Å². The minimum Gasteiger partial charge on any atom is -0.312 e. The third kappa shape index (κ3) is 2.44. The highest BCUT2D eigenvalue weighted by atomic mass is 16.2. The fourth-order valence-corrected chi connectivity index (χ4v) is 4.74. The maximum absolute atomic E-state index is 13.0. The van der Waals surface area contributed by atoms with Gasteiger partial charge in [-0.1, -0.05) is 12.1 Å². The Bertz CT molecular complexity index is 868. The van der Waals surface area contributed by atoms with Crippen LogP contribution in [0.2, 0.25) is 0 Å². The molecule has 8 heteroatoms. The molecule has 4 amide bonds. The first kappa shape index (κ1) is 16.6. The van der Waals surface area contributed by atoms with Gasteiger partial charge in [0.15, 0.2) is 0 Å². The van der Waals surface area contributed by atoms with Crippen LogP contribution in [-0.2, 0) is 16.1 Å². The van der Waals surface area contributed by atoms with Crippen molar-refractivity contribution in [3.8, 4) is 0 Å². The molecule has 0 radical (unpaired) electrons. The number of amides is 4.